The van der Waals surface area contributed by atoms with Gasteiger partial charge in [-0.1, -0.05) is 23.2 Å². The molecule has 0 spiro atoms. The second-order valence-electron chi connectivity index (χ2n) is 11.6. The molecule has 0 bridgehead atoms. The lowest BCUT2D eigenvalue weighted by Crippen LogP contribution is -2.51. The zero-order valence-corrected chi connectivity index (χ0v) is 27.8. The van der Waals surface area contributed by atoms with Crippen molar-refractivity contribution in [2.75, 3.05) is 37.5 Å². The van der Waals surface area contributed by atoms with E-state index in [-0.39, 0.29) is 32.8 Å². The molecule has 0 radical (unpaired) electrons. The van der Waals surface area contributed by atoms with Crippen LogP contribution >= 0.6 is 23.2 Å². The molecule has 1 aliphatic rings. The molecule has 3 heterocycles. The molecule has 0 unspecified atom stereocenters. The molecule has 45 heavy (non-hydrogen) atoms. The van der Waals surface area contributed by atoms with E-state index in [1.165, 1.54) is 31.4 Å². The highest BCUT2D eigenvalue weighted by atomic mass is 35.5. The Kier molecular flexibility index (Phi) is 8.94. The fraction of sp³-hybridized carbons (Fsp3) is 0.323. The Morgan fingerprint density at radius 3 is 2.22 bits per heavy atom. The summed E-state index contributed by atoms with van der Waals surface area (Å²) < 4.78 is 40.5. The smallest absolute Gasteiger partial charge is 0.410 e. The van der Waals surface area contributed by atoms with E-state index in [1.54, 1.807) is 28.0 Å². The minimum atomic E-state index is -3.90. The first-order valence-electron chi connectivity index (χ1n) is 14.1. The summed E-state index contributed by atoms with van der Waals surface area (Å²) >= 11 is 11.9. The molecule has 0 saturated carbocycles. The molecule has 2 amide bonds. The second kappa shape index (κ2) is 12.4. The first kappa shape index (κ1) is 32.4. The number of carbonyl (C=O) groups is 2. The first-order valence-corrected chi connectivity index (χ1v) is 16.3. The van der Waals surface area contributed by atoms with Gasteiger partial charge < -0.3 is 23.8 Å². The van der Waals surface area contributed by atoms with Gasteiger partial charge in [-0.25, -0.2) is 18.2 Å². The van der Waals surface area contributed by atoms with E-state index in [0.717, 1.165) is 15.2 Å². The Balaban J connectivity index is 1.26. The number of halogens is 2. The van der Waals surface area contributed by atoms with Crippen molar-refractivity contribution in [3.63, 3.8) is 0 Å². The number of carbonyl (C=O) groups excluding carboxylic acids is 2. The van der Waals surface area contributed by atoms with E-state index < -0.39 is 15.6 Å². The molecule has 1 aliphatic heterocycles. The number of aromatic nitrogens is 2. The maximum Gasteiger partial charge on any atom is 0.410 e. The molecule has 0 atom stereocenters. The molecule has 5 rings (SSSR count). The number of hydrogen-bond acceptors (Lipinski definition) is 7. The average molecular weight is 675 g/mol. The number of benzene rings is 2. The molecule has 2 aromatic carbocycles. The molecule has 11 nitrogen and oxygen atoms in total. The topological polar surface area (TPSA) is 114 Å². The van der Waals surface area contributed by atoms with Crippen molar-refractivity contribution >= 4 is 61.8 Å². The highest BCUT2D eigenvalue weighted by Crippen LogP contribution is 2.31. The van der Waals surface area contributed by atoms with Crippen molar-refractivity contribution in [2.24, 2.45) is 7.05 Å². The van der Waals surface area contributed by atoms with Crippen molar-refractivity contribution in [3.05, 3.63) is 76.5 Å². The molecule has 0 aliphatic carbocycles. The second-order valence-corrected chi connectivity index (χ2v) is 14.4. The Bertz CT molecular complexity index is 1860. The Morgan fingerprint density at radius 2 is 1.60 bits per heavy atom. The van der Waals surface area contributed by atoms with Gasteiger partial charge in [-0.3, -0.25) is 9.10 Å². The van der Waals surface area contributed by atoms with E-state index in [9.17, 15) is 18.0 Å². The molecule has 4 aromatic rings. The van der Waals surface area contributed by atoms with Gasteiger partial charge in [-0.05, 0) is 69.3 Å². The van der Waals surface area contributed by atoms with E-state index in [4.69, 9.17) is 32.7 Å². The number of ether oxygens (including phenoxy) is 2. The SMILES string of the molecule is CN(c1ccc(Oc2ccc3c(c2)cc(C(=O)N2CCN(C(=O)OC(C)(C)C)CC2)n3C)nc1)S(=O)(=O)c1ccc(Cl)c(Cl)c1. The van der Waals surface area contributed by atoms with E-state index >= 15 is 0 Å². The number of fused-ring (bicyclic) bond motifs is 1. The van der Waals surface area contributed by atoms with Crippen LogP contribution in [0.4, 0.5) is 10.5 Å². The van der Waals surface area contributed by atoms with Crippen molar-refractivity contribution < 1.29 is 27.5 Å². The summed E-state index contributed by atoms with van der Waals surface area (Å²) in [6.45, 7) is 7.06. The zero-order valence-electron chi connectivity index (χ0n) is 25.5. The van der Waals surface area contributed by atoms with Crippen molar-refractivity contribution in [2.45, 2.75) is 31.3 Å². The average Bonchev–Trinajstić information content (AvgIpc) is 3.32. The van der Waals surface area contributed by atoms with Gasteiger partial charge in [-0.2, -0.15) is 0 Å². The quantitative estimate of drug-likeness (QED) is 0.240. The summed E-state index contributed by atoms with van der Waals surface area (Å²) in [6, 6.07) is 14.5. The summed E-state index contributed by atoms with van der Waals surface area (Å²) in [6.07, 6.45) is 1.02. The zero-order chi connectivity index (χ0) is 32.7. The third-order valence-corrected chi connectivity index (χ3v) is 9.83. The largest absolute Gasteiger partial charge is 0.444 e. The molecule has 1 saturated heterocycles. The highest BCUT2D eigenvalue weighted by molar-refractivity contribution is 7.92. The Labute approximate surface area is 271 Å². The van der Waals surface area contributed by atoms with Crippen LogP contribution in [0.5, 0.6) is 11.6 Å². The monoisotopic (exact) mass is 673 g/mol. The van der Waals surface area contributed by atoms with Gasteiger partial charge in [0.15, 0.2) is 0 Å². The van der Waals surface area contributed by atoms with Crippen LogP contribution in [0.1, 0.15) is 31.3 Å². The number of sulfonamides is 1. The van der Waals surface area contributed by atoms with Crippen LogP contribution in [0, 0.1) is 0 Å². The first-order chi connectivity index (χ1) is 21.1. The molecule has 238 valence electrons. The number of anilines is 1. The third kappa shape index (κ3) is 6.98. The van der Waals surface area contributed by atoms with Crippen LogP contribution in [-0.2, 0) is 21.8 Å². The fourth-order valence-corrected chi connectivity index (χ4v) is 6.42. The predicted molar refractivity (Wildman–Crippen MR) is 173 cm³/mol. The number of piperazine rings is 1. The number of hydrogen-bond donors (Lipinski definition) is 0. The maximum absolute atomic E-state index is 13.4. The van der Waals surface area contributed by atoms with Gasteiger partial charge in [0.2, 0.25) is 5.88 Å². The molecular weight excluding hydrogens is 641 g/mol. The normalized spacial score (nSPS) is 14.0. The lowest BCUT2D eigenvalue weighted by atomic mass is 10.2. The van der Waals surface area contributed by atoms with Crippen LogP contribution in [0.25, 0.3) is 10.9 Å². The van der Waals surface area contributed by atoms with Crippen LogP contribution in [0.15, 0.2) is 65.7 Å². The van der Waals surface area contributed by atoms with Crippen molar-refractivity contribution in [1.82, 2.24) is 19.4 Å². The summed E-state index contributed by atoms with van der Waals surface area (Å²) in [5, 5.41) is 1.20. The number of amides is 2. The van der Waals surface area contributed by atoms with E-state index in [1.807, 2.05) is 50.6 Å². The standard InChI is InChI=1S/C31H33Cl2N5O6S/c1-31(2,3)44-30(40)38-14-12-37(13-15-38)29(39)27-17-20-16-22(7-10-26(20)35(27)4)43-28-11-6-21(19-34-28)36(5)45(41,42)23-8-9-24(32)25(33)18-23/h6-11,16-19H,12-15H2,1-5H3. The van der Waals surface area contributed by atoms with Gasteiger partial charge in [0.25, 0.3) is 15.9 Å². The summed E-state index contributed by atoms with van der Waals surface area (Å²) in [5.74, 6) is 0.626. The molecule has 14 heteroatoms. The summed E-state index contributed by atoms with van der Waals surface area (Å²) in [5.41, 5.74) is 1.10. The Morgan fingerprint density at radius 1 is 0.911 bits per heavy atom. The van der Waals surface area contributed by atoms with Crippen LogP contribution in [-0.4, -0.2) is 78.6 Å². The summed E-state index contributed by atoms with van der Waals surface area (Å²) in [7, 11) is -0.660. The van der Waals surface area contributed by atoms with Gasteiger partial charge in [0.05, 0.1) is 26.8 Å². The van der Waals surface area contributed by atoms with Crippen molar-refractivity contribution in [3.8, 4) is 11.6 Å². The lowest BCUT2D eigenvalue weighted by molar-refractivity contribution is 0.0139. The van der Waals surface area contributed by atoms with Gasteiger partial charge >= 0.3 is 6.09 Å². The minimum Gasteiger partial charge on any atom is -0.444 e. The number of rotatable bonds is 6. The number of aryl methyl sites for hydroxylation is 1. The van der Waals surface area contributed by atoms with Crippen LogP contribution < -0.4 is 9.04 Å². The van der Waals surface area contributed by atoms with E-state index in [0.29, 0.717) is 43.3 Å². The number of nitrogens with zero attached hydrogens (tertiary/aromatic N) is 5. The predicted octanol–water partition coefficient (Wildman–Crippen LogP) is 6.19. The van der Waals surface area contributed by atoms with Gasteiger partial charge in [0.1, 0.15) is 17.0 Å². The maximum atomic E-state index is 13.4. The van der Waals surface area contributed by atoms with E-state index in [2.05, 4.69) is 4.98 Å². The van der Waals surface area contributed by atoms with Gasteiger partial charge in [-0.15, -0.1) is 0 Å². The third-order valence-electron chi connectivity index (χ3n) is 7.31. The number of pyridine rings is 1. The van der Waals surface area contributed by atoms with Crippen LogP contribution in [0.3, 0.4) is 0 Å². The fourth-order valence-electron chi connectivity index (χ4n) is 4.85. The van der Waals surface area contributed by atoms with Crippen LogP contribution in [0.2, 0.25) is 10.0 Å². The highest BCUT2D eigenvalue weighted by Gasteiger charge is 2.29. The molecule has 1 fully saturated rings. The Hall–Kier alpha value is -4.00. The molecule has 2 aromatic heterocycles. The lowest BCUT2D eigenvalue weighted by Gasteiger charge is -2.35. The molecular formula is C31H33Cl2N5O6S. The molecule has 0 N–H and O–H groups in total. The van der Waals surface area contributed by atoms with Crippen molar-refractivity contribution in [1.29, 1.82) is 0 Å². The minimum absolute atomic E-state index is 0.00296. The summed E-state index contributed by atoms with van der Waals surface area (Å²) in [4.78, 5) is 33.5. The van der Waals surface area contributed by atoms with Gasteiger partial charge in [0, 0.05) is 57.2 Å².